The third-order valence-corrected chi connectivity index (χ3v) is 7.30. The number of amides is 1. The summed E-state index contributed by atoms with van der Waals surface area (Å²) in [5.74, 6) is -0.400. The molecular formula is C28H27ClN4O3S. The molecule has 0 fully saturated rings. The van der Waals surface area contributed by atoms with Gasteiger partial charge in [0.2, 0.25) is 10.0 Å². The van der Waals surface area contributed by atoms with Crippen LogP contribution in [0.2, 0.25) is 5.02 Å². The highest BCUT2D eigenvalue weighted by atomic mass is 35.5. The molecule has 0 spiro atoms. The number of carbonyl (C=O) groups excluding carboxylic acids is 1. The van der Waals surface area contributed by atoms with Crippen molar-refractivity contribution in [1.82, 2.24) is 9.99 Å². The first-order valence-electron chi connectivity index (χ1n) is 11.5. The maximum Gasteiger partial charge on any atom is 0.271 e. The van der Waals surface area contributed by atoms with Gasteiger partial charge in [-0.25, -0.2) is 13.8 Å². The molecule has 0 aliphatic carbocycles. The van der Waals surface area contributed by atoms with Gasteiger partial charge in [-0.1, -0.05) is 41.9 Å². The second-order valence-electron chi connectivity index (χ2n) is 8.64. The molecule has 37 heavy (non-hydrogen) atoms. The maximum atomic E-state index is 12.6. The summed E-state index contributed by atoms with van der Waals surface area (Å²) in [5, 5.41) is 4.80. The van der Waals surface area contributed by atoms with Gasteiger partial charge < -0.3 is 4.57 Å². The fraction of sp³-hybridized carbons (Fsp3) is 0.143. The van der Waals surface area contributed by atoms with Gasteiger partial charge in [-0.05, 0) is 74.0 Å². The number of aromatic nitrogens is 1. The second kappa shape index (κ2) is 11.0. The lowest BCUT2D eigenvalue weighted by atomic mass is 10.2. The number of nitrogens with one attached hydrogen (secondary N) is 1. The van der Waals surface area contributed by atoms with E-state index in [0.29, 0.717) is 16.3 Å². The van der Waals surface area contributed by atoms with E-state index < -0.39 is 15.9 Å². The molecule has 0 saturated heterocycles. The van der Waals surface area contributed by atoms with Gasteiger partial charge in [0.05, 0.1) is 24.7 Å². The van der Waals surface area contributed by atoms with Crippen molar-refractivity contribution in [2.75, 3.05) is 10.6 Å². The van der Waals surface area contributed by atoms with Crippen LogP contribution >= 0.6 is 11.6 Å². The van der Waals surface area contributed by atoms with E-state index in [0.717, 1.165) is 34.5 Å². The van der Waals surface area contributed by atoms with Crippen molar-refractivity contribution in [1.29, 1.82) is 0 Å². The minimum Gasteiger partial charge on any atom is -0.318 e. The van der Waals surface area contributed by atoms with E-state index >= 15 is 0 Å². The molecular weight excluding hydrogens is 508 g/mol. The van der Waals surface area contributed by atoms with Crippen molar-refractivity contribution < 1.29 is 13.2 Å². The van der Waals surface area contributed by atoms with E-state index in [9.17, 15) is 13.2 Å². The van der Waals surface area contributed by atoms with Crippen molar-refractivity contribution in [2.24, 2.45) is 5.10 Å². The molecule has 1 N–H and O–H groups in total. The Balaban J connectivity index is 1.46. The quantitative estimate of drug-likeness (QED) is 0.240. The number of hydrogen-bond acceptors (Lipinski definition) is 4. The lowest BCUT2D eigenvalue weighted by Crippen LogP contribution is -2.29. The Morgan fingerprint density at radius 1 is 1.00 bits per heavy atom. The summed E-state index contributed by atoms with van der Waals surface area (Å²) in [6.07, 6.45) is 2.77. The van der Waals surface area contributed by atoms with Crippen molar-refractivity contribution in [3.05, 3.63) is 118 Å². The van der Waals surface area contributed by atoms with Crippen molar-refractivity contribution in [3.63, 3.8) is 0 Å². The summed E-state index contributed by atoms with van der Waals surface area (Å²) in [5.41, 5.74) is 8.09. The summed E-state index contributed by atoms with van der Waals surface area (Å²) >= 11 is 6.01. The van der Waals surface area contributed by atoms with E-state index in [1.807, 2.05) is 74.5 Å². The third-order valence-electron chi connectivity index (χ3n) is 5.91. The molecule has 0 radical (unpaired) electrons. The van der Waals surface area contributed by atoms with E-state index in [-0.39, 0.29) is 6.54 Å². The topological polar surface area (TPSA) is 83.8 Å². The van der Waals surface area contributed by atoms with E-state index in [2.05, 4.69) is 15.1 Å². The number of anilines is 1. The third kappa shape index (κ3) is 6.28. The van der Waals surface area contributed by atoms with Gasteiger partial charge in [-0.3, -0.25) is 9.10 Å². The van der Waals surface area contributed by atoms with Crippen LogP contribution in [0.3, 0.4) is 0 Å². The normalized spacial score (nSPS) is 11.6. The summed E-state index contributed by atoms with van der Waals surface area (Å²) in [7, 11) is -3.52. The largest absolute Gasteiger partial charge is 0.318 e. The number of aryl methyl sites for hydroxylation is 1. The van der Waals surface area contributed by atoms with Crippen LogP contribution < -0.4 is 9.73 Å². The van der Waals surface area contributed by atoms with Gasteiger partial charge in [0, 0.05) is 33.2 Å². The Morgan fingerprint density at radius 3 is 2.27 bits per heavy atom. The Morgan fingerprint density at radius 2 is 1.65 bits per heavy atom. The highest BCUT2D eigenvalue weighted by Crippen LogP contribution is 2.22. The summed E-state index contributed by atoms with van der Waals surface area (Å²) in [6.45, 7) is 4.17. The molecule has 0 saturated carbocycles. The lowest BCUT2D eigenvalue weighted by molar-refractivity contribution is 0.0955. The van der Waals surface area contributed by atoms with Gasteiger partial charge in [-0.2, -0.15) is 5.10 Å². The van der Waals surface area contributed by atoms with Crippen LogP contribution in [0.15, 0.2) is 90.0 Å². The predicted octanol–water partition coefficient (Wildman–Crippen LogP) is 5.48. The minimum atomic E-state index is -3.52. The molecule has 3 aromatic carbocycles. The molecule has 0 aliphatic heterocycles. The first-order valence-corrected chi connectivity index (χ1v) is 13.8. The molecule has 0 atom stereocenters. The molecule has 4 aromatic rings. The second-order valence-corrected chi connectivity index (χ2v) is 11.0. The standard InChI is InChI=1S/C28H27ClN4O3S/c1-20-17-24(21(2)33(20)27-15-11-25(29)12-16-27)18-30-31-28(34)23-9-13-26(14-10-23)32(37(3,35)36)19-22-7-5-4-6-8-22/h4-18H,19H2,1-3H3,(H,31,34)/b30-18+. The average molecular weight is 535 g/mol. The highest BCUT2D eigenvalue weighted by Gasteiger charge is 2.18. The van der Waals surface area contributed by atoms with Crippen LogP contribution in [-0.2, 0) is 16.6 Å². The number of rotatable bonds is 8. The molecule has 0 aliphatic rings. The van der Waals surface area contributed by atoms with E-state index in [4.69, 9.17) is 11.6 Å². The summed E-state index contributed by atoms with van der Waals surface area (Å²) in [4.78, 5) is 12.6. The van der Waals surface area contributed by atoms with Crippen LogP contribution in [0, 0.1) is 13.8 Å². The number of benzene rings is 3. The predicted molar refractivity (Wildman–Crippen MR) is 149 cm³/mol. The number of hydrogen-bond donors (Lipinski definition) is 1. The fourth-order valence-corrected chi connectivity index (χ4v) is 5.07. The van der Waals surface area contributed by atoms with E-state index in [1.54, 1.807) is 30.5 Å². The number of carbonyl (C=O) groups is 1. The maximum absolute atomic E-state index is 12.6. The molecule has 1 aromatic heterocycles. The zero-order valence-corrected chi connectivity index (χ0v) is 22.3. The first kappa shape index (κ1) is 26.2. The smallest absolute Gasteiger partial charge is 0.271 e. The number of hydrazone groups is 1. The zero-order chi connectivity index (χ0) is 26.6. The molecule has 7 nitrogen and oxygen atoms in total. The summed E-state index contributed by atoms with van der Waals surface area (Å²) in [6, 6.07) is 25.3. The molecule has 4 rings (SSSR count). The van der Waals surface area contributed by atoms with Crippen molar-refractivity contribution >= 4 is 39.4 Å². The Bertz CT molecular complexity index is 1530. The molecule has 1 heterocycles. The Hall–Kier alpha value is -3.88. The minimum absolute atomic E-state index is 0.198. The van der Waals surface area contributed by atoms with Crippen LogP contribution in [0.1, 0.15) is 32.9 Å². The molecule has 1 amide bonds. The summed E-state index contributed by atoms with van der Waals surface area (Å²) < 4.78 is 28.2. The molecule has 190 valence electrons. The number of sulfonamides is 1. The Kier molecular flexibility index (Phi) is 7.80. The van der Waals surface area contributed by atoms with Gasteiger partial charge in [0.15, 0.2) is 0 Å². The number of halogens is 1. The molecule has 0 bridgehead atoms. The van der Waals surface area contributed by atoms with Crippen LogP contribution in [0.5, 0.6) is 0 Å². The zero-order valence-electron chi connectivity index (χ0n) is 20.7. The van der Waals surface area contributed by atoms with Crippen LogP contribution in [0.25, 0.3) is 5.69 Å². The van der Waals surface area contributed by atoms with Gasteiger partial charge in [-0.15, -0.1) is 0 Å². The average Bonchev–Trinajstić information content (AvgIpc) is 3.16. The van der Waals surface area contributed by atoms with Crippen LogP contribution in [0.4, 0.5) is 5.69 Å². The van der Waals surface area contributed by atoms with Gasteiger partial charge in [0.25, 0.3) is 5.91 Å². The lowest BCUT2D eigenvalue weighted by Gasteiger charge is -2.22. The van der Waals surface area contributed by atoms with Crippen LogP contribution in [-0.4, -0.2) is 31.4 Å². The van der Waals surface area contributed by atoms with Crippen molar-refractivity contribution in [3.8, 4) is 5.69 Å². The highest BCUT2D eigenvalue weighted by molar-refractivity contribution is 7.92. The molecule has 9 heteroatoms. The molecule has 0 unspecified atom stereocenters. The van der Waals surface area contributed by atoms with Gasteiger partial charge >= 0.3 is 0 Å². The van der Waals surface area contributed by atoms with E-state index in [1.165, 1.54) is 4.31 Å². The van der Waals surface area contributed by atoms with Crippen molar-refractivity contribution in [2.45, 2.75) is 20.4 Å². The SMILES string of the molecule is Cc1cc(/C=N/NC(=O)c2ccc(N(Cc3ccccc3)S(C)(=O)=O)cc2)c(C)n1-c1ccc(Cl)cc1. The Labute approximate surface area is 222 Å². The number of nitrogens with zero attached hydrogens (tertiary/aromatic N) is 3. The first-order chi connectivity index (χ1) is 17.6. The fourth-order valence-electron chi connectivity index (χ4n) is 4.06. The van der Waals surface area contributed by atoms with Gasteiger partial charge in [0.1, 0.15) is 0 Å². The monoisotopic (exact) mass is 534 g/mol.